The molecule has 0 aromatic heterocycles. The number of rotatable bonds is 3. The maximum Gasteiger partial charge on any atom is 0.0454 e. The van der Waals surface area contributed by atoms with Gasteiger partial charge in [-0.2, -0.15) is 0 Å². The van der Waals surface area contributed by atoms with E-state index in [0.29, 0.717) is 16.5 Å². The molecule has 1 rings (SSSR count). The van der Waals surface area contributed by atoms with Crippen molar-refractivity contribution in [3.05, 3.63) is 46.5 Å². The third-order valence-corrected chi connectivity index (χ3v) is 2.36. The van der Waals surface area contributed by atoms with E-state index < -0.39 is 0 Å². The molecule has 0 saturated carbocycles. The van der Waals surface area contributed by atoms with Crippen molar-refractivity contribution >= 4 is 23.2 Å². The summed E-state index contributed by atoms with van der Waals surface area (Å²) in [5.41, 5.74) is 6.73. The maximum absolute atomic E-state index is 5.95. The zero-order valence-corrected chi connectivity index (χ0v) is 8.65. The molecule has 0 heterocycles. The Labute approximate surface area is 88.1 Å². The third kappa shape index (κ3) is 2.73. The highest BCUT2D eigenvalue weighted by atomic mass is 35.5. The monoisotopic (exact) mass is 215 g/mol. The molecule has 0 aliphatic heterocycles. The summed E-state index contributed by atoms with van der Waals surface area (Å²) >= 11 is 11.8. The Morgan fingerprint density at radius 2 is 2.15 bits per heavy atom. The number of benzene rings is 1. The van der Waals surface area contributed by atoms with Gasteiger partial charge in [0.1, 0.15) is 0 Å². The van der Waals surface area contributed by atoms with E-state index in [2.05, 4.69) is 6.58 Å². The van der Waals surface area contributed by atoms with Crippen molar-refractivity contribution in [2.24, 2.45) is 5.73 Å². The lowest BCUT2D eigenvalue weighted by atomic mass is 10.1. The highest BCUT2D eigenvalue weighted by Crippen LogP contribution is 2.26. The quantitative estimate of drug-likeness (QED) is 0.768. The second-order valence-electron chi connectivity index (χ2n) is 2.80. The summed E-state index contributed by atoms with van der Waals surface area (Å²) in [4.78, 5) is 0. The summed E-state index contributed by atoms with van der Waals surface area (Å²) in [6, 6.07) is 5.16. The minimum Gasteiger partial charge on any atom is -0.324 e. The van der Waals surface area contributed by atoms with Crippen LogP contribution in [0.1, 0.15) is 18.0 Å². The fourth-order valence-corrected chi connectivity index (χ4v) is 1.54. The first-order chi connectivity index (χ1) is 6.15. The molecule has 0 aliphatic rings. The van der Waals surface area contributed by atoms with Crippen molar-refractivity contribution < 1.29 is 0 Å². The van der Waals surface area contributed by atoms with E-state index in [0.717, 1.165) is 5.56 Å². The molecule has 0 amide bonds. The average Bonchev–Trinajstić information content (AvgIpc) is 2.09. The smallest absolute Gasteiger partial charge is 0.0454 e. The van der Waals surface area contributed by atoms with E-state index in [9.17, 15) is 0 Å². The lowest BCUT2D eigenvalue weighted by Gasteiger charge is -2.11. The van der Waals surface area contributed by atoms with Gasteiger partial charge >= 0.3 is 0 Å². The molecule has 2 N–H and O–H groups in total. The van der Waals surface area contributed by atoms with Gasteiger partial charge in [0, 0.05) is 16.1 Å². The van der Waals surface area contributed by atoms with Crippen molar-refractivity contribution in [2.45, 2.75) is 12.5 Å². The summed E-state index contributed by atoms with van der Waals surface area (Å²) in [6.45, 7) is 3.62. The van der Waals surface area contributed by atoms with E-state index in [-0.39, 0.29) is 6.04 Å². The molecule has 0 saturated heterocycles. The molecule has 3 heteroatoms. The lowest BCUT2D eigenvalue weighted by molar-refractivity contribution is 0.742. The first-order valence-corrected chi connectivity index (χ1v) is 4.72. The summed E-state index contributed by atoms with van der Waals surface area (Å²) in [7, 11) is 0. The van der Waals surface area contributed by atoms with Crippen LogP contribution in [0.25, 0.3) is 0 Å². The molecular formula is C10H11Cl2N. The lowest BCUT2D eigenvalue weighted by Crippen LogP contribution is -2.09. The first-order valence-electron chi connectivity index (χ1n) is 3.96. The third-order valence-electron chi connectivity index (χ3n) is 1.78. The Morgan fingerprint density at radius 3 is 2.77 bits per heavy atom. The van der Waals surface area contributed by atoms with Gasteiger partial charge < -0.3 is 5.73 Å². The molecule has 13 heavy (non-hydrogen) atoms. The van der Waals surface area contributed by atoms with Crippen molar-refractivity contribution in [1.82, 2.24) is 0 Å². The van der Waals surface area contributed by atoms with Crippen molar-refractivity contribution in [2.75, 3.05) is 0 Å². The largest absolute Gasteiger partial charge is 0.324 e. The molecule has 0 radical (unpaired) electrons. The minimum atomic E-state index is -0.122. The Morgan fingerprint density at radius 1 is 1.46 bits per heavy atom. The minimum absolute atomic E-state index is 0.122. The van der Waals surface area contributed by atoms with Gasteiger partial charge in [-0.05, 0) is 30.2 Å². The molecule has 1 aromatic rings. The molecule has 1 unspecified atom stereocenters. The van der Waals surface area contributed by atoms with Crippen LogP contribution in [0.3, 0.4) is 0 Å². The molecule has 0 aliphatic carbocycles. The molecule has 1 aromatic carbocycles. The summed E-state index contributed by atoms with van der Waals surface area (Å²) < 4.78 is 0. The van der Waals surface area contributed by atoms with Crippen molar-refractivity contribution in [3.8, 4) is 0 Å². The average molecular weight is 216 g/mol. The van der Waals surface area contributed by atoms with Gasteiger partial charge in [-0.15, -0.1) is 6.58 Å². The molecule has 1 nitrogen and oxygen atoms in total. The summed E-state index contributed by atoms with van der Waals surface area (Å²) in [6.07, 6.45) is 2.46. The van der Waals surface area contributed by atoms with Crippen LogP contribution in [0.2, 0.25) is 10.0 Å². The normalized spacial score (nSPS) is 12.5. The highest BCUT2D eigenvalue weighted by Gasteiger charge is 2.08. The number of hydrogen-bond acceptors (Lipinski definition) is 1. The van der Waals surface area contributed by atoms with E-state index in [1.165, 1.54) is 0 Å². The van der Waals surface area contributed by atoms with Crippen LogP contribution in [0, 0.1) is 0 Å². The van der Waals surface area contributed by atoms with Crippen LogP contribution >= 0.6 is 23.2 Å². The Hall–Kier alpha value is -0.500. The van der Waals surface area contributed by atoms with Crippen LogP contribution in [0.4, 0.5) is 0 Å². The van der Waals surface area contributed by atoms with Gasteiger partial charge in [0.2, 0.25) is 0 Å². The van der Waals surface area contributed by atoms with Gasteiger partial charge in [-0.1, -0.05) is 29.3 Å². The standard InChI is InChI=1S/C10H11Cl2N/c1-2-3-10(13)8-6-7(11)4-5-9(8)12/h2,4-6,10H,1,3,13H2. The summed E-state index contributed by atoms with van der Waals surface area (Å²) in [5, 5.41) is 1.30. The summed E-state index contributed by atoms with van der Waals surface area (Å²) in [5.74, 6) is 0. The predicted octanol–water partition coefficient (Wildman–Crippen LogP) is 3.57. The van der Waals surface area contributed by atoms with Crippen LogP contribution in [-0.2, 0) is 0 Å². The van der Waals surface area contributed by atoms with E-state index in [1.807, 2.05) is 0 Å². The first kappa shape index (κ1) is 10.6. The topological polar surface area (TPSA) is 26.0 Å². The zero-order valence-electron chi connectivity index (χ0n) is 7.13. The van der Waals surface area contributed by atoms with E-state index in [4.69, 9.17) is 28.9 Å². The van der Waals surface area contributed by atoms with Gasteiger partial charge in [-0.3, -0.25) is 0 Å². The van der Waals surface area contributed by atoms with Gasteiger partial charge in [0.15, 0.2) is 0 Å². The molecular weight excluding hydrogens is 205 g/mol. The molecule has 70 valence electrons. The number of halogens is 2. The number of hydrogen-bond donors (Lipinski definition) is 1. The van der Waals surface area contributed by atoms with Gasteiger partial charge in [0.05, 0.1) is 0 Å². The van der Waals surface area contributed by atoms with Gasteiger partial charge in [-0.25, -0.2) is 0 Å². The van der Waals surface area contributed by atoms with E-state index in [1.54, 1.807) is 24.3 Å². The van der Waals surface area contributed by atoms with E-state index >= 15 is 0 Å². The molecule has 0 bridgehead atoms. The second-order valence-corrected chi connectivity index (χ2v) is 3.64. The van der Waals surface area contributed by atoms with Crippen LogP contribution in [0.15, 0.2) is 30.9 Å². The Bertz CT molecular complexity index is 310. The fourth-order valence-electron chi connectivity index (χ4n) is 1.11. The Kier molecular flexibility index (Phi) is 3.79. The van der Waals surface area contributed by atoms with Crippen molar-refractivity contribution in [1.29, 1.82) is 0 Å². The van der Waals surface area contributed by atoms with Crippen LogP contribution in [-0.4, -0.2) is 0 Å². The zero-order chi connectivity index (χ0) is 9.84. The predicted molar refractivity (Wildman–Crippen MR) is 58.2 cm³/mol. The van der Waals surface area contributed by atoms with Crippen molar-refractivity contribution in [3.63, 3.8) is 0 Å². The SMILES string of the molecule is C=CCC(N)c1cc(Cl)ccc1Cl. The van der Waals surface area contributed by atoms with Crippen LogP contribution in [0.5, 0.6) is 0 Å². The van der Waals surface area contributed by atoms with Gasteiger partial charge in [0.25, 0.3) is 0 Å². The van der Waals surface area contributed by atoms with Crippen LogP contribution < -0.4 is 5.73 Å². The second kappa shape index (κ2) is 4.66. The number of nitrogens with two attached hydrogens (primary N) is 1. The Balaban J connectivity index is 2.97. The maximum atomic E-state index is 5.95. The molecule has 0 fully saturated rings. The molecule has 0 spiro atoms. The molecule has 1 atom stereocenters. The fraction of sp³-hybridized carbons (Fsp3) is 0.200. The highest BCUT2D eigenvalue weighted by molar-refractivity contribution is 6.33.